The highest BCUT2D eigenvalue weighted by atomic mass is 32.2. The van der Waals surface area contributed by atoms with Crippen LogP contribution in [0.3, 0.4) is 0 Å². The number of pyridine rings is 1. The number of sulfonamides is 1. The molecule has 1 aromatic heterocycles. The number of Topliss-reactive ketones (excluding diaryl/α,β-unsaturated/α-hetero) is 1. The number of urea groups is 1. The minimum atomic E-state index is -3.98. The van der Waals surface area contributed by atoms with Gasteiger partial charge in [-0.2, -0.15) is 4.31 Å². The molecule has 1 fully saturated rings. The van der Waals surface area contributed by atoms with Crippen molar-refractivity contribution in [2.24, 2.45) is 17.3 Å². The monoisotopic (exact) mass is 819 g/mol. The number of hydrogen-bond acceptors (Lipinski definition) is 8. The molecule has 4 N–H and O–H groups in total. The average molecular weight is 820 g/mol. The maximum absolute atomic E-state index is 15.0. The second kappa shape index (κ2) is 20.2. The van der Waals surface area contributed by atoms with Crippen molar-refractivity contribution in [3.8, 4) is 0 Å². The number of amides is 5. The number of benzene rings is 1. The molecule has 14 nitrogen and oxygen atoms in total. The summed E-state index contributed by atoms with van der Waals surface area (Å²) < 4.78 is 27.9. The van der Waals surface area contributed by atoms with Crippen LogP contribution in [-0.4, -0.2) is 103 Å². The Labute approximate surface area is 343 Å². The topological polar surface area (TPSA) is 187 Å². The molecule has 1 saturated heterocycles. The summed E-state index contributed by atoms with van der Waals surface area (Å²) in [6.07, 6.45) is 7.85. The van der Waals surface area contributed by atoms with Crippen LogP contribution < -0.4 is 21.3 Å². The van der Waals surface area contributed by atoms with Gasteiger partial charge in [-0.25, -0.2) is 18.2 Å². The summed E-state index contributed by atoms with van der Waals surface area (Å²) in [7, 11) is -2.55. The molecule has 4 rings (SSSR count). The van der Waals surface area contributed by atoms with Crippen LogP contribution in [0.5, 0.6) is 0 Å². The van der Waals surface area contributed by atoms with Crippen LogP contribution in [0.4, 0.5) is 4.79 Å². The maximum Gasteiger partial charge on any atom is 0.315 e. The molecule has 0 spiro atoms. The predicted molar refractivity (Wildman–Crippen MR) is 223 cm³/mol. The third-order valence-corrected chi connectivity index (χ3v) is 12.6. The first kappa shape index (κ1) is 45.8. The van der Waals surface area contributed by atoms with Crippen molar-refractivity contribution in [1.82, 2.24) is 35.5 Å². The first-order chi connectivity index (χ1) is 27.4. The Bertz CT molecular complexity index is 1920. The Kier molecular flexibility index (Phi) is 15.9. The van der Waals surface area contributed by atoms with E-state index in [0.717, 1.165) is 27.4 Å². The minimum absolute atomic E-state index is 0.0778. The van der Waals surface area contributed by atoms with Crippen molar-refractivity contribution in [3.05, 3.63) is 84.1 Å². The lowest BCUT2D eigenvalue weighted by Gasteiger charge is -2.36. The Balaban J connectivity index is 1.64. The second-order valence-corrected chi connectivity index (χ2v) is 18.6. The molecular formula is C43H61N7O7S. The number of carbonyl (C=O) groups excluding carboxylic acids is 5. The fourth-order valence-electron chi connectivity index (χ4n) is 7.63. The fourth-order valence-corrected chi connectivity index (χ4v) is 8.74. The number of hydrogen-bond donors (Lipinski definition) is 4. The molecule has 2 heterocycles. The van der Waals surface area contributed by atoms with Crippen LogP contribution in [0.25, 0.3) is 0 Å². The zero-order chi connectivity index (χ0) is 42.8. The van der Waals surface area contributed by atoms with Crippen molar-refractivity contribution in [3.63, 3.8) is 0 Å². The Hall–Kier alpha value is -4.89. The lowest BCUT2D eigenvalue weighted by atomic mass is 9.86. The lowest BCUT2D eigenvalue weighted by Crippen LogP contribution is -2.61. The van der Waals surface area contributed by atoms with E-state index in [9.17, 15) is 32.4 Å². The summed E-state index contributed by atoms with van der Waals surface area (Å²) in [6.45, 7) is 15.2. The van der Waals surface area contributed by atoms with Crippen molar-refractivity contribution in [2.45, 2.75) is 109 Å². The van der Waals surface area contributed by atoms with Crippen molar-refractivity contribution in [1.29, 1.82) is 0 Å². The summed E-state index contributed by atoms with van der Waals surface area (Å²) in [4.78, 5) is 75.0. The molecule has 15 heteroatoms. The minimum Gasteiger partial charge on any atom is -0.346 e. The number of allylic oxidation sites excluding steroid dienone is 1. The van der Waals surface area contributed by atoms with E-state index in [-0.39, 0.29) is 42.9 Å². The van der Waals surface area contributed by atoms with Gasteiger partial charge in [0.05, 0.1) is 6.04 Å². The molecule has 1 aliphatic carbocycles. The Morgan fingerprint density at radius 3 is 2.22 bits per heavy atom. The van der Waals surface area contributed by atoms with Gasteiger partial charge in [0.15, 0.2) is 5.03 Å². The van der Waals surface area contributed by atoms with E-state index in [0.29, 0.717) is 25.7 Å². The van der Waals surface area contributed by atoms with E-state index in [2.05, 4.69) is 32.8 Å². The summed E-state index contributed by atoms with van der Waals surface area (Å²) in [5, 5.41) is 11.1. The van der Waals surface area contributed by atoms with Crippen LogP contribution >= 0.6 is 0 Å². The van der Waals surface area contributed by atoms with Crippen molar-refractivity contribution < 1.29 is 32.4 Å². The number of nitrogens with one attached hydrogen (secondary N) is 4. The summed E-state index contributed by atoms with van der Waals surface area (Å²) in [5.41, 5.74) is 2.46. The van der Waals surface area contributed by atoms with Crippen LogP contribution in [0.1, 0.15) is 78.4 Å². The SMILES string of the molecule is C=CCNC(=O)C(=O)C(CCCC)NC(=O)[C@@H]1[C@@H](C=C(C)C)CCN1C(=O)[C@@H](NC(=O)N[C@H](CN(C)S(=O)(=O)c1ccccn1)C(C)(C)C)C1Cc2ccccc2C1. The first-order valence-corrected chi connectivity index (χ1v) is 21.5. The molecule has 58 heavy (non-hydrogen) atoms. The molecule has 0 saturated carbocycles. The number of aromatic nitrogens is 1. The summed E-state index contributed by atoms with van der Waals surface area (Å²) in [6, 6.07) is 7.96. The molecule has 5 atom stereocenters. The third kappa shape index (κ3) is 11.6. The number of fused-ring (bicyclic) bond motifs is 1. The van der Waals surface area contributed by atoms with Crippen LogP contribution in [0.2, 0.25) is 0 Å². The number of ketones is 1. The highest BCUT2D eigenvalue weighted by Gasteiger charge is 2.46. The van der Waals surface area contributed by atoms with Crippen molar-refractivity contribution >= 4 is 39.6 Å². The number of likely N-dealkylation sites (N-methyl/N-ethyl adjacent to an activating group) is 1. The van der Waals surface area contributed by atoms with Gasteiger partial charge in [-0.15, -0.1) is 6.58 Å². The molecule has 0 radical (unpaired) electrons. The number of unbranched alkanes of at least 4 members (excludes halogenated alkanes) is 1. The number of nitrogens with zero attached hydrogens (tertiary/aromatic N) is 3. The zero-order valence-electron chi connectivity index (χ0n) is 34.9. The predicted octanol–water partition coefficient (Wildman–Crippen LogP) is 3.93. The number of likely N-dealkylation sites (tertiary alicyclic amines) is 1. The Morgan fingerprint density at radius 1 is 1.00 bits per heavy atom. The normalized spacial score (nSPS) is 18.4. The first-order valence-electron chi connectivity index (χ1n) is 20.1. The van der Waals surface area contributed by atoms with E-state index >= 15 is 0 Å². The van der Waals surface area contributed by atoms with E-state index in [1.54, 1.807) is 12.1 Å². The number of rotatable bonds is 18. The molecule has 1 aromatic carbocycles. The van der Waals surface area contributed by atoms with Gasteiger partial charge in [-0.05, 0) is 74.1 Å². The molecule has 316 valence electrons. The number of carbonyl (C=O) groups is 5. The van der Waals surface area contributed by atoms with Gasteiger partial charge in [0.1, 0.15) is 12.1 Å². The quantitative estimate of drug-likeness (QED) is 0.129. The van der Waals surface area contributed by atoms with Crippen LogP contribution in [0, 0.1) is 17.3 Å². The van der Waals surface area contributed by atoms with E-state index in [1.807, 2.05) is 71.9 Å². The van der Waals surface area contributed by atoms with Gasteiger partial charge < -0.3 is 26.2 Å². The average Bonchev–Trinajstić information content (AvgIpc) is 3.81. The smallest absolute Gasteiger partial charge is 0.315 e. The highest BCUT2D eigenvalue weighted by Crippen LogP contribution is 2.33. The Morgan fingerprint density at radius 2 is 1.66 bits per heavy atom. The summed E-state index contributed by atoms with van der Waals surface area (Å²) in [5.74, 6) is -3.34. The van der Waals surface area contributed by atoms with Crippen molar-refractivity contribution in [2.75, 3.05) is 26.7 Å². The van der Waals surface area contributed by atoms with Gasteiger partial charge >= 0.3 is 6.03 Å². The molecule has 5 amide bonds. The molecule has 2 aliphatic rings. The van der Waals surface area contributed by atoms with E-state index < -0.39 is 69.1 Å². The van der Waals surface area contributed by atoms with Gasteiger partial charge in [0, 0.05) is 44.8 Å². The zero-order valence-corrected chi connectivity index (χ0v) is 35.7. The van der Waals surface area contributed by atoms with Gasteiger partial charge in [-0.3, -0.25) is 19.2 Å². The molecule has 1 unspecified atom stereocenters. The van der Waals surface area contributed by atoms with Gasteiger partial charge in [0.25, 0.3) is 15.9 Å². The molecular weight excluding hydrogens is 759 g/mol. The molecule has 0 bridgehead atoms. The van der Waals surface area contributed by atoms with Gasteiger partial charge in [0.2, 0.25) is 17.6 Å². The molecule has 2 aromatic rings. The van der Waals surface area contributed by atoms with Gasteiger partial charge in [-0.1, -0.05) is 88.6 Å². The third-order valence-electron chi connectivity index (χ3n) is 10.9. The van der Waals surface area contributed by atoms with E-state index in [4.69, 9.17) is 0 Å². The van der Waals surface area contributed by atoms with E-state index in [1.165, 1.54) is 30.3 Å². The largest absolute Gasteiger partial charge is 0.346 e. The maximum atomic E-state index is 15.0. The van der Waals surface area contributed by atoms with Crippen LogP contribution in [0.15, 0.2) is 78.0 Å². The lowest BCUT2D eigenvalue weighted by molar-refractivity contribution is -0.143. The van der Waals surface area contributed by atoms with Crippen LogP contribution in [-0.2, 0) is 42.0 Å². The molecule has 1 aliphatic heterocycles. The second-order valence-electron chi connectivity index (χ2n) is 16.6. The fraction of sp³-hybridized carbons (Fsp3) is 0.535. The standard InChI is InChI=1S/C43H61N7O7S/c1-9-11-18-33(38(51)40(53)45-21-10-2)46-39(52)37-31(24-28(3)4)20-23-50(37)41(54)36(32-25-29-16-12-13-17-30(29)26-32)48-42(55)47-34(43(5,6)7)27-49(8)58(56,57)35-19-14-15-22-44-35/h10,12-17,19,22,24,31-34,36-37H,2,9,11,18,20-21,23,25-27H2,1,3-8H3,(H,45,53)(H,46,52)(H2,47,48,55)/t31-,33?,34-,36+,37+/m1/s1. The summed E-state index contributed by atoms with van der Waals surface area (Å²) >= 11 is 0. The highest BCUT2D eigenvalue weighted by molar-refractivity contribution is 7.89.